The molecule has 0 saturated carbocycles. The third kappa shape index (κ3) is 5.49. The molecule has 0 aliphatic rings. The lowest BCUT2D eigenvalue weighted by Gasteiger charge is -2.12. The van der Waals surface area contributed by atoms with Crippen molar-refractivity contribution >= 4 is 54.6 Å². The maximum Gasteiger partial charge on any atom is 0.0908 e. The van der Waals surface area contributed by atoms with E-state index in [0.29, 0.717) is 0 Å². The molecule has 4 aromatic rings. The minimum absolute atomic E-state index is 0.768. The van der Waals surface area contributed by atoms with E-state index in [4.69, 9.17) is 0 Å². The monoisotopic (exact) mass is 524 g/mol. The number of hydrazine groups is 2. The first-order chi connectivity index (χ1) is 14.7. The van der Waals surface area contributed by atoms with Gasteiger partial charge in [0.15, 0.2) is 0 Å². The van der Waals surface area contributed by atoms with Crippen LogP contribution in [0.1, 0.15) is 0 Å². The van der Waals surface area contributed by atoms with Gasteiger partial charge in [-0.25, -0.2) is 0 Å². The highest BCUT2D eigenvalue weighted by Crippen LogP contribution is 2.22. The van der Waals surface area contributed by atoms with Crippen molar-refractivity contribution in [1.82, 2.24) is 9.97 Å². The normalized spacial score (nSPS) is 10.3. The first-order valence-electron chi connectivity index (χ1n) is 9.13. The van der Waals surface area contributed by atoms with Crippen molar-refractivity contribution in [3.63, 3.8) is 0 Å². The predicted octanol–water partition coefficient (Wildman–Crippen LogP) is 6.55. The smallest absolute Gasteiger partial charge is 0.0908 e. The summed E-state index contributed by atoms with van der Waals surface area (Å²) in [5.41, 5.74) is 18.0. The van der Waals surface area contributed by atoms with Crippen LogP contribution in [0.3, 0.4) is 0 Å². The van der Waals surface area contributed by atoms with E-state index >= 15 is 0 Å². The molecule has 0 aliphatic heterocycles. The zero-order valence-electron chi connectivity index (χ0n) is 15.7. The number of rotatable bonds is 7. The molecule has 4 rings (SSSR count). The number of halogens is 2. The third-order valence-electron chi connectivity index (χ3n) is 4.17. The van der Waals surface area contributed by atoms with E-state index < -0.39 is 0 Å². The number of hydrogen-bond donors (Lipinski definition) is 4. The van der Waals surface area contributed by atoms with Gasteiger partial charge in [0.25, 0.3) is 0 Å². The minimum Gasteiger partial charge on any atom is -0.301 e. The molecule has 0 amide bonds. The van der Waals surface area contributed by atoms with Gasteiger partial charge in [0.05, 0.1) is 34.1 Å². The molecule has 0 atom stereocenters. The van der Waals surface area contributed by atoms with Crippen LogP contribution >= 0.6 is 31.9 Å². The molecule has 2 heterocycles. The summed E-state index contributed by atoms with van der Waals surface area (Å²) in [6, 6.07) is 23.5. The minimum atomic E-state index is 0.768. The van der Waals surface area contributed by atoms with Crippen molar-refractivity contribution in [2.24, 2.45) is 0 Å². The molecule has 0 radical (unpaired) electrons. The van der Waals surface area contributed by atoms with Gasteiger partial charge >= 0.3 is 0 Å². The topological polar surface area (TPSA) is 73.9 Å². The Balaban J connectivity index is 1.43. The van der Waals surface area contributed by atoms with Crippen LogP contribution < -0.4 is 21.7 Å². The first-order valence-corrected chi connectivity index (χ1v) is 10.7. The van der Waals surface area contributed by atoms with E-state index in [1.807, 2.05) is 72.8 Å². The van der Waals surface area contributed by atoms with Gasteiger partial charge in [-0.1, -0.05) is 31.9 Å². The van der Waals surface area contributed by atoms with Crippen LogP contribution in [-0.2, 0) is 0 Å². The molecule has 0 unspecified atom stereocenters. The van der Waals surface area contributed by atoms with E-state index in [9.17, 15) is 0 Å². The van der Waals surface area contributed by atoms with Gasteiger partial charge < -0.3 is 21.7 Å². The fourth-order valence-corrected chi connectivity index (χ4v) is 3.18. The molecule has 6 nitrogen and oxygen atoms in total. The van der Waals surface area contributed by atoms with Crippen LogP contribution in [-0.4, -0.2) is 9.97 Å². The number of hydrogen-bond acceptors (Lipinski definition) is 6. The summed E-state index contributed by atoms with van der Waals surface area (Å²) < 4.78 is 2.07. The fourth-order valence-electron chi connectivity index (χ4n) is 2.65. The van der Waals surface area contributed by atoms with E-state index in [1.54, 1.807) is 12.4 Å². The molecule has 0 aliphatic carbocycles. The maximum atomic E-state index is 4.46. The van der Waals surface area contributed by atoms with E-state index in [-0.39, 0.29) is 0 Å². The van der Waals surface area contributed by atoms with Gasteiger partial charge in [-0.05, 0) is 72.8 Å². The SMILES string of the molecule is Brc1ccc(NNc2ccnc(-c3cc(NNc4ccc(Br)cc4)ccn3)c2)cc1. The van der Waals surface area contributed by atoms with E-state index in [2.05, 4.69) is 63.5 Å². The summed E-state index contributed by atoms with van der Waals surface area (Å²) in [4.78, 5) is 8.91. The Labute approximate surface area is 191 Å². The lowest BCUT2D eigenvalue weighted by atomic mass is 10.2. The van der Waals surface area contributed by atoms with E-state index in [1.165, 1.54) is 0 Å². The third-order valence-corrected chi connectivity index (χ3v) is 5.23. The summed E-state index contributed by atoms with van der Waals surface area (Å²) in [5.74, 6) is 0. The van der Waals surface area contributed by atoms with E-state index in [0.717, 1.165) is 43.1 Å². The molecule has 2 aromatic heterocycles. The van der Waals surface area contributed by atoms with Crippen molar-refractivity contribution in [3.05, 3.63) is 94.1 Å². The Bertz CT molecular complexity index is 1030. The molecule has 0 saturated heterocycles. The van der Waals surface area contributed by atoms with Crippen LogP contribution in [0.4, 0.5) is 22.7 Å². The second-order valence-corrected chi connectivity index (χ2v) is 8.20. The predicted molar refractivity (Wildman–Crippen MR) is 130 cm³/mol. The van der Waals surface area contributed by atoms with Crippen molar-refractivity contribution in [1.29, 1.82) is 0 Å². The standard InChI is InChI=1S/C22H18Br2N6/c23-15-1-5-17(6-2-15)27-29-19-9-11-25-21(13-19)22-14-20(10-12-26-22)30-28-18-7-3-16(24)4-8-18/h1-14,27-28H,(H,25,29)(H,26,30). The van der Waals surface area contributed by atoms with Crippen LogP contribution in [0.2, 0.25) is 0 Å². The van der Waals surface area contributed by atoms with Gasteiger partial charge in [-0.2, -0.15) is 0 Å². The number of benzene rings is 2. The summed E-state index contributed by atoms with van der Waals surface area (Å²) in [6.07, 6.45) is 3.51. The summed E-state index contributed by atoms with van der Waals surface area (Å²) in [5, 5.41) is 0. The van der Waals surface area contributed by atoms with Crippen LogP contribution in [0.15, 0.2) is 94.1 Å². The second kappa shape index (κ2) is 9.60. The molecule has 30 heavy (non-hydrogen) atoms. The highest BCUT2D eigenvalue weighted by Gasteiger charge is 2.04. The lowest BCUT2D eigenvalue weighted by Crippen LogP contribution is -2.09. The largest absolute Gasteiger partial charge is 0.301 e. The Kier molecular flexibility index (Phi) is 6.46. The van der Waals surface area contributed by atoms with Crippen LogP contribution in [0.5, 0.6) is 0 Å². The molecule has 150 valence electrons. The molecule has 0 fully saturated rings. The quantitative estimate of drug-likeness (QED) is 0.205. The Morgan fingerprint density at radius 3 is 1.23 bits per heavy atom. The fraction of sp³-hybridized carbons (Fsp3) is 0. The van der Waals surface area contributed by atoms with Crippen molar-refractivity contribution in [2.45, 2.75) is 0 Å². The molecule has 4 N–H and O–H groups in total. The Morgan fingerprint density at radius 1 is 0.467 bits per heavy atom. The second-order valence-electron chi connectivity index (χ2n) is 6.37. The number of nitrogens with zero attached hydrogens (tertiary/aromatic N) is 2. The molecule has 8 heteroatoms. The van der Waals surface area contributed by atoms with Gasteiger partial charge in [0.2, 0.25) is 0 Å². The molecule has 0 bridgehead atoms. The summed E-state index contributed by atoms with van der Waals surface area (Å²) in [7, 11) is 0. The zero-order valence-corrected chi connectivity index (χ0v) is 18.9. The number of pyridine rings is 2. The maximum absolute atomic E-state index is 4.46. The van der Waals surface area contributed by atoms with Gasteiger partial charge in [0, 0.05) is 21.3 Å². The average Bonchev–Trinajstić information content (AvgIpc) is 2.79. The van der Waals surface area contributed by atoms with Gasteiger partial charge in [0.1, 0.15) is 0 Å². The Hall–Kier alpha value is -3.10. The summed E-state index contributed by atoms with van der Waals surface area (Å²) in [6.45, 7) is 0. The number of nitrogens with one attached hydrogen (secondary N) is 4. The zero-order chi connectivity index (χ0) is 20.8. The van der Waals surface area contributed by atoms with Gasteiger partial charge in [-0.15, -0.1) is 0 Å². The van der Waals surface area contributed by atoms with Crippen molar-refractivity contribution in [3.8, 4) is 11.4 Å². The highest BCUT2D eigenvalue weighted by atomic mass is 79.9. The number of anilines is 4. The molecular formula is C22H18Br2N6. The summed E-state index contributed by atoms with van der Waals surface area (Å²) >= 11 is 6.87. The van der Waals surface area contributed by atoms with Crippen molar-refractivity contribution in [2.75, 3.05) is 21.7 Å². The van der Waals surface area contributed by atoms with Crippen LogP contribution in [0, 0.1) is 0 Å². The molecule has 0 spiro atoms. The first kappa shape index (κ1) is 20.2. The van der Waals surface area contributed by atoms with Gasteiger partial charge in [-0.3, -0.25) is 9.97 Å². The Morgan fingerprint density at radius 2 is 0.833 bits per heavy atom. The lowest BCUT2D eigenvalue weighted by molar-refractivity contribution is 1.24. The molecule has 2 aromatic carbocycles. The van der Waals surface area contributed by atoms with Crippen molar-refractivity contribution < 1.29 is 0 Å². The van der Waals surface area contributed by atoms with Crippen LogP contribution in [0.25, 0.3) is 11.4 Å². The average molecular weight is 526 g/mol. The number of aromatic nitrogens is 2. The molecular weight excluding hydrogens is 508 g/mol. The highest BCUT2D eigenvalue weighted by molar-refractivity contribution is 9.10.